The van der Waals surface area contributed by atoms with Gasteiger partial charge in [0.2, 0.25) is 0 Å². The molecule has 2 aliphatic carbocycles. The van der Waals surface area contributed by atoms with Crippen LogP contribution in [0.5, 0.6) is 0 Å². The highest BCUT2D eigenvalue weighted by molar-refractivity contribution is 4.94. The summed E-state index contributed by atoms with van der Waals surface area (Å²) in [5, 5.41) is 13.0. The van der Waals surface area contributed by atoms with E-state index in [-0.39, 0.29) is 5.60 Å². The highest BCUT2D eigenvalue weighted by atomic mass is 16.5. The van der Waals surface area contributed by atoms with Gasteiger partial charge in [-0.05, 0) is 44.4 Å². The van der Waals surface area contributed by atoms with Gasteiger partial charge in [0.05, 0.1) is 11.7 Å². The fraction of sp³-hybridized carbons (Fsp3) is 1.00. The van der Waals surface area contributed by atoms with Crippen molar-refractivity contribution in [3.63, 3.8) is 0 Å². The molecule has 0 bridgehead atoms. The lowest BCUT2D eigenvalue weighted by Gasteiger charge is -2.25. The molecule has 3 aliphatic rings. The number of rotatable bonds is 4. The van der Waals surface area contributed by atoms with Crippen LogP contribution in [0.15, 0.2) is 0 Å². The van der Waals surface area contributed by atoms with E-state index >= 15 is 0 Å². The highest BCUT2D eigenvalue weighted by Crippen LogP contribution is 2.43. The van der Waals surface area contributed by atoms with Gasteiger partial charge in [0.15, 0.2) is 0 Å². The smallest absolute Gasteiger partial charge is 0.0708 e. The van der Waals surface area contributed by atoms with E-state index in [9.17, 15) is 5.11 Å². The molecule has 0 aromatic carbocycles. The van der Waals surface area contributed by atoms with Crippen LogP contribution in [0.3, 0.4) is 0 Å². The fourth-order valence-electron chi connectivity index (χ4n) is 4.23. The fourth-order valence-corrected chi connectivity index (χ4v) is 4.23. The topological polar surface area (TPSA) is 41.5 Å². The zero-order chi connectivity index (χ0) is 12.4. The molecule has 1 aliphatic heterocycles. The molecule has 3 unspecified atom stereocenters. The van der Waals surface area contributed by atoms with E-state index in [1.807, 2.05) is 0 Å². The molecule has 3 heteroatoms. The van der Waals surface area contributed by atoms with E-state index < -0.39 is 0 Å². The first kappa shape index (κ1) is 12.9. The molecule has 3 atom stereocenters. The summed E-state index contributed by atoms with van der Waals surface area (Å²) in [7, 11) is 0. The largest absolute Gasteiger partial charge is 0.396 e. The van der Waals surface area contributed by atoms with Gasteiger partial charge in [-0.15, -0.1) is 0 Å². The maximum atomic E-state index is 9.32. The Balaban J connectivity index is 1.44. The molecule has 3 fully saturated rings. The van der Waals surface area contributed by atoms with Gasteiger partial charge >= 0.3 is 0 Å². The first-order chi connectivity index (χ1) is 8.81. The van der Waals surface area contributed by atoms with Crippen LogP contribution in [-0.4, -0.2) is 36.0 Å². The maximum absolute atomic E-state index is 9.32. The van der Waals surface area contributed by atoms with Crippen molar-refractivity contribution in [1.82, 2.24) is 5.32 Å². The lowest BCUT2D eigenvalue weighted by atomic mass is 9.98. The van der Waals surface area contributed by atoms with Crippen molar-refractivity contribution in [3.05, 3.63) is 0 Å². The molecule has 2 saturated carbocycles. The molecular formula is C15H27NO2. The number of hydrogen-bond donors (Lipinski definition) is 2. The molecule has 104 valence electrons. The van der Waals surface area contributed by atoms with E-state index in [2.05, 4.69) is 5.32 Å². The Morgan fingerprint density at radius 3 is 2.67 bits per heavy atom. The SMILES string of the molecule is OCC1CCCC1NCC1CCC2(CCCC2)O1. The molecule has 0 amide bonds. The normalized spacial score (nSPS) is 38.8. The van der Waals surface area contributed by atoms with Gasteiger partial charge in [-0.25, -0.2) is 0 Å². The van der Waals surface area contributed by atoms with Crippen LogP contribution in [0, 0.1) is 5.92 Å². The van der Waals surface area contributed by atoms with Gasteiger partial charge in [-0.2, -0.15) is 0 Å². The summed E-state index contributed by atoms with van der Waals surface area (Å²) in [5.74, 6) is 0.479. The Kier molecular flexibility index (Phi) is 3.92. The summed E-state index contributed by atoms with van der Waals surface area (Å²) < 4.78 is 6.31. The molecule has 0 radical (unpaired) electrons. The second kappa shape index (κ2) is 5.48. The zero-order valence-corrected chi connectivity index (χ0v) is 11.4. The van der Waals surface area contributed by atoms with Gasteiger partial charge in [0.1, 0.15) is 0 Å². The summed E-state index contributed by atoms with van der Waals surface area (Å²) in [4.78, 5) is 0. The van der Waals surface area contributed by atoms with Gasteiger partial charge < -0.3 is 15.2 Å². The van der Waals surface area contributed by atoms with Crippen LogP contribution in [0.25, 0.3) is 0 Å². The average molecular weight is 253 g/mol. The summed E-state index contributed by atoms with van der Waals surface area (Å²) in [5.41, 5.74) is 0.262. The van der Waals surface area contributed by atoms with E-state index in [0.29, 0.717) is 24.7 Å². The predicted molar refractivity (Wildman–Crippen MR) is 71.5 cm³/mol. The van der Waals surface area contributed by atoms with E-state index in [0.717, 1.165) is 6.54 Å². The van der Waals surface area contributed by atoms with Crippen LogP contribution in [0.1, 0.15) is 57.8 Å². The number of hydrogen-bond acceptors (Lipinski definition) is 3. The van der Waals surface area contributed by atoms with Crippen LogP contribution in [-0.2, 0) is 4.74 Å². The number of ether oxygens (including phenoxy) is 1. The molecule has 1 spiro atoms. The second-order valence-electron chi connectivity index (χ2n) is 6.56. The Bertz CT molecular complexity index is 276. The molecular weight excluding hydrogens is 226 g/mol. The third-order valence-electron chi connectivity index (χ3n) is 5.35. The minimum absolute atomic E-state index is 0.262. The van der Waals surface area contributed by atoms with Crippen molar-refractivity contribution in [2.75, 3.05) is 13.2 Å². The monoisotopic (exact) mass is 253 g/mol. The molecule has 0 aromatic heterocycles. The Hall–Kier alpha value is -0.120. The third-order valence-corrected chi connectivity index (χ3v) is 5.35. The number of nitrogens with one attached hydrogen (secondary N) is 1. The van der Waals surface area contributed by atoms with E-state index in [4.69, 9.17) is 4.74 Å². The molecule has 3 nitrogen and oxygen atoms in total. The van der Waals surface area contributed by atoms with E-state index in [1.165, 1.54) is 57.8 Å². The Labute approximate surface area is 110 Å². The molecule has 18 heavy (non-hydrogen) atoms. The van der Waals surface area contributed by atoms with Crippen molar-refractivity contribution in [2.45, 2.75) is 75.5 Å². The minimum atomic E-state index is 0.262. The maximum Gasteiger partial charge on any atom is 0.0708 e. The lowest BCUT2D eigenvalue weighted by Crippen LogP contribution is -2.39. The third kappa shape index (κ3) is 2.59. The molecule has 0 aromatic rings. The first-order valence-electron chi connectivity index (χ1n) is 7.83. The van der Waals surface area contributed by atoms with Gasteiger partial charge in [-0.3, -0.25) is 0 Å². The Morgan fingerprint density at radius 1 is 1.06 bits per heavy atom. The molecule has 1 saturated heterocycles. The van der Waals surface area contributed by atoms with Crippen LogP contribution in [0.2, 0.25) is 0 Å². The van der Waals surface area contributed by atoms with Crippen molar-refractivity contribution in [2.24, 2.45) is 5.92 Å². The standard InChI is InChI=1S/C15H27NO2/c17-11-12-4-3-5-14(12)16-10-13-6-9-15(18-13)7-1-2-8-15/h12-14,16-17H,1-11H2. The lowest BCUT2D eigenvalue weighted by molar-refractivity contribution is -0.0364. The van der Waals surface area contributed by atoms with Crippen molar-refractivity contribution >= 4 is 0 Å². The first-order valence-corrected chi connectivity index (χ1v) is 7.83. The van der Waals surface area contributed by atoms with Crippen molar-refractivity contribution in [3.8, 4) is 0 Å². The molecule has 2 N–H and O–H groups in total. The van der Waals surface area contributed by atoms with Gasteiger partial charge in [0, 0.05) is 19.2 Å². The summed E-state index contributed by atoms with van der Waals surface area (Å²) >= 11 is 0. The quantitative estimate of drug-likeness (QED) is 0.807. The summed E-state index contributed by atoms with van der Waals surface area (Å²) in [6.07, 6.45) is 11.9. The van der Waals surface area contributed by atoms with Crippen LogP contribution >= 0.6 is 0 Å². The zero-order valence-electron chi connectivity index (χ0n) is 11.4. The number of aliphatic hydroxyl groups excluding tert-OH is 1. The molecule has 3 rings (SSSR count). The summed E-state index contributed by atoms with van der Waals surface area (Å²) in [6, 6.07) is 0.527. The minimum Gasteiger partial charge on any atom is -0.396 e. The van der Waals surface area contributed by atoms with Gasteiger partial charge in [0.25, 0.3) is 0 Å². The Morgan fingerprint density at radius 2 is 1.89 bits per heavy atom. The average Bonchev–Trinajstić information content (AvgIpc) is 3.10. The number of aliphatic hydroxyl groups is 1. The predicted octanol–water partition coefficient (Wildman–Crippen LogP) is 2.23. The second-order valence-corrected chi connectivity index (χ2v) is 6.56. The van der Waals surface area contributed by atoms with Crippen LogP contribution in [0.4, 0.5) is 0 Å². The highest BCUT2D eigenvalue weighted by Gasteiger charge is 2.42. The molecule has 1 heterocycles. The van der Waals surface area contributed by atoms with Crippen LogP contribution < -0.4 is 5.32 Å². The van der Waals surface area contributed by atoms with E-state index in [1.54, 1.807) is 0 Å². The van der Waals surface area contributed by atoms with Gasteiger partial charge in [-0.1, -0.05) is 19.3 Å². The summed E-state index contributed by atoms with van der Waals surface area (Å²) in [6.45, 7) is 1.33. The van der Waals surface area contributed by atoms with Crippen molar-refractivity contribution in [1.29, 1.82) is 0 Å². The van der Waals surface area contributed by atoms with Crippen molar-refractivity contribution < 1.29 is 9.84 Å².